The van der Waals surface area contributed by atoms with E-state index in [2.05, 4.69) is 21.4 Å². The summed E-state index contributed by atoms with van der Waals surface area (Å²) < 4.78 is 6.90. The van der Waals surface area contributed by atoms with E-state index < -0.39 is 18.4 Å². The Morgan fingerprint density at radius 3 is 2.45 bits per heavy atom. The van der Waals surface area contributed by atoms with Crippen LogP contribution in [0.25, 0.3) is 0 Å². The first-order valence-electron chi connectivity index (χ1n) is 4.29. The Balaban J connectivity index is 2.53. The van der Waals surface area contributed by atoms with Gasteiger partial charge >= 0.3 is 73.7 Å². The van der Waals surface area contributed by atoms with Crippen LogP contribution in [0.1, 0.15) is 6.42 Å². The van der Waals surface area contributed by atoms with Gasteiger partial charge < -0.3 is 0 Å². The van der Waals surface area contributed by atoms with Crippen LogP contribution in [0, 0.1) is 5.92 Å². The molecule has 0 aliphatic carbocycles. The molecule has 0 radical (unpaired) electrons. The van der Waals surface area contributed by atoms with E-state index >= 15 is 0 Å². The normalized spacial score (nSPS) is 25.5. The third kappa shape index (κ3) is 2.48. The second-order valence-electron chi connectivity index (χ2n) is 4.34. The topological polar surface area (TPSA) is 9.23 Å². The molecule has 1 atom stereocenters. The second kappa shape index (κ2) is 3.48. The Kier molecular flexibility index (Phi) is 3.03. The summed E-state index contributed by atoms with van der Waals surface area (Å²) in [5.41, 5.74) is 0. The molecule has 1 nitrogen and oxygen atoms in total. The van der Waals surface area contributed by atoms with Crippen molar-refractivity contribution in [3.05, 3.63) is 10.2 Å². The Morgan fingerprint density at radius 2 is 2.09 bits per heavy atom. The number of hydrogen-bond acceptors (Lipinski definition) is 1. The van der Waals surface area contributed by atoms with Crippen LogP contribution in [0.2, 0.25) is 14.8 Å². The molecule has 0 saturated carbocycles. The molecule has 0 amide bonds. The standard InChI is InChI=1S/C6H9O.3CH3.Sn/c1-2-6-3-4-7-5-6;;;;/h6H,1,3-5H2;3*1H3;/t6-;;;;/m1..../s1. The van der Waals surface area contributed by atoms with Crippen molar-refractivity contribution in [2.75, 3.05) is 13.2 Å². The summed E-state index contributed by atoms with van der Waals surface area (Å²) in [4.78, 5) is 7.28. The summed E-state index contributed by atoms with van der Waals surface area (Å²) >= 11 is -1.79. The molecule has 0 aromatic carbocycles. The van der Waals surface area contributed by atoms with Crippen LogP contribution in [-0.4, -0.2) is 31.6 Å². The van der Waals surface area contributed by atoms with Gasteiger partial charge in [0, 0.05) is 0 Å². The fourth-order valence-corrected chi connectivity index (χ4v) is 5.57. The van der Waals surface area contributed by atoms with Gasteiger partial charge in [0.1, 0.15) is 0 Å². The molecule has 1 aliphatic heterocycles. The third-order valence-corrected chi connectivity index (χ3v) is 9.05. The molecule has 1 saturated heterocycles. The molecular formula is C9H18OSn. The molecule has 0 unspecified atom stereocenters. The minimum atomic E-state index is -1.79. The molecule has 64 valence electrons. The van der Waals surface area contributed by atoms with Crippen molar-refractivity contribution in [2.45, 2.75) is 21.2 Å². The molecule has 1 aliphatic rings. The summed E-state index contributed by atoms with van der Waals surface area (Å²) in [7, 11) is 0. The Morgan fingerprint density at radius 1 is 1.45 bits per heavy atom. The van der Waals surface area contributed by atoms with Crippen LogP contribution in [0.15, 0.2) is 10.2 Å². The van der Waals surface area contributed by atoms with Crippen molar-refractivity contribution in [3.8, 4) is 0 Å². The van der Waals surface area contributed by atoms with Crippen LogP contribution >= 0.6 is 0 Å². The number of ether oxygens (including phenoxy) is 1. The maximum absolute atomic E-state index is 5.35. The molecule has 1 fully saturated rings. The molecule has 2 heteroatoms. The van der Waals surface area contributed by atoms with Crippen LogP contribution in [0.5, 0.6) is 0 Å². The zero-order valence-electron chi connectivity index (χ0n) is 7.81. The van der Waals surface area contributed by atoms with E-state index in [-0.39, 0.29) is 0 Å². The number of rotatable bonds is 2. The first-order valence-corrected chi connectivity index (χ1v) is 14.3. The third-order valence-electron chi connectivity index (χ3n) is 2.39. The first-order chi connectivity index (χ1) is 5.02. The Bertz CT molecular complexity index is 151. The van der Waals surface area contributed by atoms with Crippen LogP contribution in [0.4, 0.5) is 0 Å². The molecule has 0 N–H and O–H groups in total. The van der Waals surface area contributed by atoms with Crippen molar-refractivity contribution in [2.24, 2.45) is 5.92 Å². The van der Waals surface area contributed by atoms with E-state index in [0.29, 0.717) is 5.92 Å². The van der Waals surface area contributed by atoms with E-state index in [1.807, 2.05) is 0 Å². The van der Waals surface area contributed by atoms with Gasteiger partial charge in [0.2, 0.25) is 0 Å². The first kappa shape index (κ1) is 9.59. The molecule has 0 bridgehead atoms. The maximum atomic E-state index is 5.35. The van der Waals surface area contributed by atoms with Gasteiger partial charge in [0.05, 0.1) is 0 Å². The van der Waals surface area contributed by atoms with Crippen molar-refractivity contribution in [1.82, 2.24) is 0 Å². The van der Waals surface area contributed by atoms with E-state index in [1.54, 1.807) is 3.59 Å². The fraction of sp³-hybridized carbons (Fsp3) is 0.778. The van der Waals surface area contributed by atoms with E-state index in [1.165, 1.54) is 6.42 Å². The summed E-state index contributed by atoms with van der Waals surface area (Å²) in [6, 6.07) is 0. The van der Waals surface area contributed by atoms with Gasteiger partial charge in [-0.05, 0) is 0 Å². The van der Waals surface area contributed by atoms with E-state index in [0.717, 1.165) is 13.2 Å². The van der Waals surface area contributed by atoms with Crippen LogP contribution in [-0.2, 0) is 4.74 Å². The summed E-state index contributed by atoms with van der Waals surface area (Å²) in [6.07, 6.45) is 1.22. The van der Waals surface area contributed by atoms with Gasteiger partial charge in [-0.2, -0.15) is 0 Å². The van der Waals surface area contributed by atoms with Crippen LogP contribution < -0.4 is 0 Å². The van der Waals surface area contributed by atoms with Gasteiger partial charge in [-0.25, -0.2) is 0 Å². The minimum absolute atomic E-state index is 0.700. The monoisotopic (exact) mass is 262 g/mol. The van der Waals surface area contributed by atoms with Crippen molar-refractivity contribution < 1.29 is 4.74 Å². The molecular weight excluding hydrogens is 243 g/mol. The summed E-state index contributed by atoms with van der Waals surface area (Å²) in [5, 5.41) is 0. The summed E-state index contributed by atoms with van der Waals surface area (Å²) in [6.45, 7) is 6.11. The SMILES string of the molecule is C=[C]([C@@H]1CCOC1)[Sn]([CH3])([CH3])[CH3]. The van der Waals surface area contributed by atoms with E-state index in [4.69, 9.17) is 4.74 Å². The van der Waals surface area contributed by atoms with Gasteiger partial charge in [-0.3, -0.25) is 0 Å². The average Bonchev–Trinajstić information content (AvgIpc) is 2.34. The average molecular weight is 261 g/mol. The zero-order chi connectivity index (χ0) is 8.48. The molecule has 1 rings (SSSR count). The second-order valence-corrected chi connectivity index (χ2v) is 19.0. The van der Waals surface area contributed by atoms with Gasteiger partial charge in [-0.15, -0.1) is 0 Å². The van der Waals surface area contributed by atoms with E-state index in [9.17, 15) is 0 Å². The predicted octanol–water partition coefficient (Wildman–Crippen LogP) is 2.46. The van der Waals surface area contributed by atoms with Gasteiger partial charge in [-0.1, -0.05) is 0 Å². The Labute approximate surface area is 73.7 Å². The molecule has 1 heterocycles. The molecule has 0 aromatic rings. The van der Waals surface area contributed by atoms with Gasteiger partial charge in [0.25, 0.3) is 0 Å². The molecule has 0 spiro atoms. The number of hydrogen-bond donors (Lipinski definition) is 0. The van der Waals surface area contributed by atoms with Crippen molar-refractivity contribution in [1.29, 1.82) is 0 Å². The van der Waals surface area contributed by atoms with Crippen molar-refractivity contribution >= 4 is 18.4 Å². The quantitative estimate of drug-likeness (QED) is 0.694. The van der Waals surface area contributed by atoms with Gasteiger partial charge in [0.15, 0.2) is 0 Å². The van der Waals surface area contributed by atoms with Crippen LogP contribution in [0.3, 0.4) is 0 Å². The molecule has 11 heavy (non-hydrogen) atoms. The fourth-order valence-electron chi connectivity index (χ4n) is 1.42. The summed E-state index contributed by atoms with van der Waals surface area (Å²) in [5.74, 6) is 0.700. The molecule has 0 aromatic heterocycles. The van der Waals surface area contributed by atoms with Crippen molar-refractivity contribution in [3.63, 3.8) is 0 Å². The Hall–Kier alpha value is 0.499. The zero-order valence-corrected chi connectivity index (χ0v) is 10.7. The predicted molar refractivity (Wildman–Crippen MR) is 51.4 cm³/mol.